The molecular formula is C17H26N2. The lowest BCUT2D eigenvalue weighted by atomic mass is 9.96. The lowest BCUT2D eigenvalue weighted by molar-refractivity contribution is 0.149. The Hall–Kier alpha value is -0.860. The van der Waals surface area contributed by atoms with Crippen LogP contribution < -0.4 is 5.73 Å². The van der Waals surface area contributed by atoms with Crippen molar-refractivity contribution in [2.24, 2.45) is 11.7 Å². The highest BCUT2D eigenvalue weighted by atomic mass is 15.2. The fraction of sp³-hybridized carbons (Fsp3) is 0.647. The summed E-state index contributed by atoms with van der Waals surface area (Å²) in [7, 11) is 0. The zero-order valence-electron chi connectivity index (χ0n) is 12.0. The van der Waals surface area contributed by atoms with Gasteiger partial charge in [-0.25, -0.2) is 0 Å². The lowest BCUT2D eigenvalue weighted by Gasteiger charge is -2.35. The van der Waals surface area contributed by atoms with Crippen molar-refractivity contribution >= 4 is 0 Å². The van der Waals surface area contributed by atoms with E-state index in [9.17, 15) is 0 Å². The van der Waals surface area contributed by atoms with E-state index in [2.05, 4.69) is 42.2 Å². The van der Waals surface area contributed by atoms with Gasteiger partial charge in [0.25, 0.3) is 0 Å². The van der Waals surface area contributed by atoms with Crippen LogP contribution in [0.1, 0.15) is 50.6 Å². The number of hydrogen-bond donors (Lipinski definition) is 1. The van der Waals surface area contributed by atoms with Crippen molar-refractivity contribution in [3.63, 3.8) is 0 Å². The second-order valence-electron chi connectivity index (χ2n) is 6.28. The Morgan fingerprint density at radius 2 is 1.84 bits per heavy atom. The first-order valence-corrected chi connectivity index (χ1v) is 7.86. The molecule has 2 N–H and O–H groups in total. The molecule has 19 heavy (non-hydrogen) atoms. The van der Waals surface area contributed by atoms with Crippen molar-refractivity contribution in [3.05, 3.63) is 35.9 Å². The predicted octanol–water partition coefficient (Wildman–Crippen LogP) is 3.34. The zero-order chi connectivity index (χ0) is 13.2. The molecule has 2 fully saturated rings. The second-order valence-corrected chi connectivity index (χ2v) is 6.28. The SMILES string of the molecule is CCC(C(N)c1ccccc1)N(CC1CC1)C1CC1. The van der Waals surface area contributed by atoms with Crippen LogP contribution in [0.4, 0.5) is 0 Å². The van der Waals surface area contributed by atoms with Gasteiger partial charge in [-0.15, -0.1) is 0 Å². The summed E-state index contributed by atoms with van der Waals surface area (Å²) in [4.78, 5) is 2.73. The van der Waals surface area contributed by atoms with E-state index in [0.717, 1.165) is 18.4 Å². The summed E-state index contributed by atoms with van der Waals surface area (Å²) in [5.41, 5.74) is 7.86. The van der Waals surface area contributed by atoms with Gasteiger partial charge in [-0.1, -0.05) is 37.3 Å². The molecule has 2 atom stereocenters. The summed E-state index contributed by atoms with van der Waals surface area (Å²) in [5.74, 6) is 0.956. The lowest BCUT2D eigenvalue weighted by Crippen LogP contribution is -2.44. The van der Waals surface area contributed by atoms with Gasteiger partial charge in [-0.05, 0) is 43.6 Å². The highest BCUT2D eigenvalue weighted by molar-refractivity contribution is 5.20. The first kappa shape index (κ1) is 13.1. The van der Waals surface area contributed by atoms with Gasteiger partial charge >= 0.3 is 0 Å². The van der Waals surface area contributed by atoms with Crippen molar-refractivity contribution in [1.82, 2.24) is 4.90 Å². The maximum Gasteiger partial charge on any atom is 0.0453 e. The Labute approximate surface area is 117 Å². The Bertz CT molecular complexity index is 395. The molecule has 0 radical (unpaired) electrons. The zero-order valence-corrected chi connectivity index (χ0v) is 12.0. The van der Waals surface area contributed by atoms with Crippen LogP contribution in [0.15, 0.2) is 30.3 Å². The Morgan fingerprint density at radius 3 is 2.37 bits per heavy atom. The summed E-state index contributed by atoms with van der Waals surface area (Å²) < 4.78 is 0. The molecule has 2 aliphatic rings. The second kappa shape index (κ2) is 5.64. The van der Waals surface area contributed by atoms with Crippen LogP contribution in [0.25, 0.3) is 0 Å². The number of benzene rings is 1. The van der Waals surface area contributed by atoms with E-state index in [0.29, 0.717) is 6.04 Å². The Balaban J connectivity index is 1.73. The van der Waals surface area contributed by atoms with Crippen molar-refractivity contribution < 1.29 is 0 Å². The molecule has 3 rings (SSSR count). The van der Waals surface area contributed by atoms with Gasteiger partial charge in [0.2, 0.25) is 0 Å². The third-order valence-corrected chi connectivity index (χ3v) is 4.63. The third kappa shape index (κ3) is 3.18. The molecule has 0 saturated heterocycles. The summed E-state index contributed by atoms with van der Waals surface area (Å²) >= 11 is 0. The molecule has 0 bridgehead atoms. The highest BCUT2D eigenvalue weighted by Crippen LogP contribution is 2.38. The maximum absolute atomic E-state index is 6.57. The molecule has 2 unspecified atom stereocenters. The summed E-state index contributed by atoms with van der Waals surface area (Å²) in [6, 6.07) is 12.1. The molecular weight excluding hydrogens is 232 g/mol. The largest absolute Gasteiger partial charge is 0.323 e. The Morgan fingerprint density at radius 1 is 1.16 bits per heavy atom. The molecule has 0 spiro atoms. The molecule has 1 aromatic carbocycles. The highest BCUT2D eigenvalue weighted by Gasteiger charge is 2.38. The van der Waals surface area contributed by atoms with E-state index in [4.69, 9.17) is 5.73 Å². The molecule has 0 aliphatic heterocycles. The molecule has 2 aliphatic carbocycles. The number of hydrogen-bond acceptors (Lipinski definition) is 2. The van der Waals surface area contributed by atoms with Gasteiger partial charge in [0.1, 0.15) is 0 Å². The first-order chi connectivity index (χ1) is 9.29. The van der Waals surface area contributed by atoms with Crippen LogP contribution in [0.5, 0.6) is 0 Å². The smallest absolute Gasteiger partial charge is 0.0453 e. The predicted molar refractivity (Wildman–Crippen MR) is 79.9 cm³/mol. The Kier molecular flexibility index (Phi) is 3.90. The summed E-state index contributed by atoms with van der Waals surface area (Å²) in [6.07, 6.45) is 6.77. The number of nitrogens with two attached hydrogens (primary N) is 1. The van der Waals surface area contributed by atoms with Crippen molar-refractivity contribution in [2.45, 2.75) is 57.2 Å². The van der Waals surface area contributed by atoms with Crippen LogP contribution in [0.2, 0.25) is 0 Å². The van der Waals surface area contributed by atoms with Gasteiger partial charge in [0, 0.05) is 24.7 Å². The molecule has 0 aromatic heterocycles. The number of rotatable bonds is 7. The number of nitrogens with zero attached hydrogens (tertiary/aromatic N) is 1. The quantitative estimate of drug-likeness (QED) is 0.812. The minimum atomic E-state index is 0.158. The van der Waals surface area contributed by atoms with Crippen LogP contribution in [-0.2, 0) is 0 Å². The van der Waals surface area contributed by atoms with Crippen LogP contribution in [0, 0.1) is 5.92 Å². The average Bonchev–Trinajstić information content (AvgIpc) is 3.31. The summed E-state index contributed by atoms with van der Waals surface area (Å²) in [5, 5.41) is 0. The van der Waals surface area contributed by atoms with Crippen molar-refractivity contribution in [2.75, 3.05) is 6.54 Å². The van der Waals surface area contributed by atoms with Gasteiger partial charge in [-0.2, -0.15) is 0 Å². The fourth-order valence-electron chi connectivity index (χ4n) is 3.15. The molecule has 2 saturated carbocycles. The standard InChI is InChI=1S/C17H26N2/c1-2-16(17(18)14-6-4-3-5-7-14)19(15-10-11-15)12-13-8-9-13/h3-7,13,15-17H,2,8-12,18H2,1H3. The molecule has 1 aromatic rings. The van der Waals surface area contributed by atoms with E-state index in [1.54, 1.807) is 0 Å². The van der Waals surface area contributed by atoms with Gasteiger partial charge in [0.15, 0.2) is 0 Å². The van der Waals surface area contributed by atoms with E-state index in [1.807, 2.05) is 0 Å². The van der Waals surface area contributed by atoms with E-state index < -0.39 is 0 Å². The van der Waals surface area contributed by atoms with Gasteiger partial charge < -0.3 is 5.73 Å². The van der Waals surface area contributed by atoms with Gasteiger partial charge in [-0.3, -0.25) is 4.90 Å². The van der Waals surface area contributed by atoms with Gasteiger partial charge in [0.05, 0.1) is 0 Å². The molecule has 0 amide bonds. The van der Waals surface area contributed by atoms with Crippen LogP contribution in [-0.4, -0.2) is 23.5 Å². The van der Waals surface area contributed by atoms with E-state index in [-0.39, 0.29) is 6.04 Å². The maximum atomic E-state index is 6.57. The minimum absolute atomic E-state index is 0.158. The molecule has 2 heteroatoms. The normalized spacial score (nSPS) is 22.5. The van der Waals surface area contributed by atoms with E-state index in [1.165, 1.54) is 37.8 Å². The average molecular weight is 258 g/mol. The van der Waals surface area contributed by atoms with Crippen LogP contribution >= 0.6 is 0 Å². The molecule has 104 valence electrons. The molecule has 0 heterocycles. The molecule has 2 nitrogen and oxygen atoms in total. The summed E-state index contributed by atoms with van der Waals surface area (Å²) in [6.45, 7) is 3.57. The monoisotopic (exact) mass is 258 g/mol. The van der Waals surface area contributed by atoms with Crippen LogP contribution in [0.3, 0.4) is 0 Å². The van der Waals surface area contributed by atoms with E-state index >= 15 is 0 Å². The first-order valence-electron chi connectivity index (χ1n) is 7.86. The fourth-order valence-corrected chi connectivity index (χ4v) is 3.15. The minimum Gasteiger partial charge on any atom is -0.323 e. The topological polar surface area (TPSA) is 29.3 Å². The van der Waals surface area contributed by atoms with Crippen molar-refractivity contribution in [1.29, 1.82) is 0 Å². The van der Waals surface area contributed by atoms with Crippen molar-refractivity contribution in [3.8, 4) is 0 Å². The third-order valence-electron chi connectivity index (χ3n) is 4.63.